The molecule has 0 amide bonds. The number of hydrogen-bond donors (Lipinski definition) is 1. The van der Waals surface area contributed by atoms with Crippen LogP contribution in [-0.2, 0) is 0 Å². The van der Waals surface area contributed by atoms with E-state index in [0.717, 1.165) is 11.3 Å². The van der Waals surface area contributed by atoms with Gasteiger partial charge in [0.05, 0.1) is 6.42 Å². The Labute approximate surface area is 103 Å². The quantitative estimate of drug-likeness (QED) is 0.889. The van der Waals surface area contributed by atoms with Crippen LogP contribution in [0.3, 0.4) is 0 Å². The number of benzene rings is 1. The highest BCUT2D eigenvalue weighted by Gasteiger charge is 2.32. The maximum atomic E-state index is 12.2. The summed E-state index contributed by atoms with van der Waals surface area (Å²) < 4.78 is 36.7. The molecule has 1 nitrogen and oxygen atoms in total. The first kappa shape index (κ1) is 12.8. The summed E-state index contributed by atoms with van der Waals surface area (Å²) >= 11 is 1.69. The molecular weight excluding hydrogens is 247 g/mol. The summed E-state index contributed by atoms with van der Waals surface area (Å²) in [5.74, 6) is 0.807. The standard InChI is InChI=1S/C12H14F3NS/c1-8(6-12(13,14)15)16-10-7-17-11-5-3-2-4-9(10)11/h2-5,8,10,16H,6-7H2,1H3. The number of fused-ring (bicyclic) bond motifs is 1. The Balaban J connectivity index is 1.98. The Morgan fingerprint density at radius 2 is 2.12 bits per heavy atom. The van der Waals surface area contributed by atoms with Gasteiger partial charge in [-0.15, -0.1) is 11.8 Å². The molecule has 94 valence electrons. The Bertz CT molecular complexity index is 392. The van der Waals surface area contributed by atoms with Crippen LogP contribution < -0.4 is 5.32 Å². The van der Waals surface area contributed by atoms with E-state index in [1.165, 1.54) is 4.90 Å². The topological polar surface area (TPSA) is 12.0 Å². The number of thioether (sulfide) groups is 1. The van der Waals surface area contributed by atoms with Gasteiger partial charge in [-0.2, -0.15) is 13.2 Å². The second-order valence-corrected chi connectivity index (χ2v) is 5.35. The smallest absolute Gasteiger partial charge is 0.306 e. The summed E-state index contributed by atoms with van der Waals surface area (Å²) in [6.45, 7) is 1.58. The van der Waals surface area contributed by atoms with Crippen LogP contribution in [0.15, 0.2) is 29.2 Å². The summed E-state index contributed by atoms with van der Waals surface area (Å²) in [4.78, 5) is 1.17. The summed E-state index contributed by atoms with van der Waals surface area (Å²) in [6.07, 6.45) is -4.88. The average molecular weight is 261 g/mol. The van der Waals surface area contributed by atoms with E-state index in [-0.39, 0.29) is 6.04 Å². The van der Waals surface area contributed by atoms with Crippen LogP contribution >= 0.6 is 11.8 Å². The van der Waals surface area contributed by atoms with Gasteiger partial charge in [0.1, 0.15) is 0 Å². The predicted molar refractivity (Wildman–Crippen MR) is 63.2 cm³/mol. The van der Waals surface area contributed by atoms with Crippen molar-refractivity contribution in [3.8, 4) is 0 Å². The first-order chi connectivity index (χ1) is 7.96. The van der Waals surface area contributed by atoms with Crippen LogP contribution in [0.2, 0.25) is 0 Å². The number of hydrogen-bond acceptors (Lipinski definition) is 2. The van der Waals surface area contributed by atoms with E-state index in [4.69, 9.17) is 0 Å². The molecule has 1 aromatic rings. The summed E-state index contributed by atoms with van der Waals surface area (Å²) in [5, 5.41) is 3.05. The molecule has 5 heteroatoms. The van der Waals surface area contributed by atoms with Crippen molar-refractivity contribution in [1.29, 1.82) is 0 Å². The van der Waals surface area contributed by atoms with E-state index in [0.29, 0.717) is 0 Å². The molecule has 0 spiro atoms. The van der Waals surface area contributed by atoms with Gasteiger partial charge in [0.25, 0.3) is 0 Å². The molecule has 0 saturated carbocycles. The van der Waals surface area contributed by atoms with Gasteiger partial charge in [-0.05, 0) is 18.6 Å². The van der Waals surface area contributed by atoms with Crippen molar-refractivity contribution >= 4 is 11.8 Å². The largest absolute Gasteiger partial charge is 0.390 e. The number of nitrogens with one attached hydrogen (secondary N) is 1. The van der Waals surface area contributed by atoms with Gasteiger partial charge >= 0.3 is 6.18 Å². The van der Waals surface area contributed by atoms with Gasteiger partial charge in [-0.25, -0.2) is 0 Å². The Morgan fingerprint density at radius 3 is 2.82 bits per heavy atom. The molecule has 1 heterocycles. The molecular formula is C12H14F3NS. The molecule has 0 fully saturated rings. The summed E-state index contributed by atoms with van der Waals surface area (Å²) in [5.41, 5.74) is 1.12. The monoisotopic (exact) mass is 261 g/mol. The first-order valence-corrected chi connectivity index (χ1v) is 6.49. The zero-order valence-electron chi connectivity index (χ0n) is 9.42. The van der Waals surface area contributed by atoms with Crippen LogP contribution in [0.1, 0.15) is 24.9 Å². The van der Waals surface area contributed by atoms with Crippen LogP contribution in [0, 0.1) is 0 Å². The molecule has 0 aromatic heterocycles. The van der Waals surface area contributed by atoms with E-state index in [1.54, 1.807) is 18.7 Å². The second-order valence-electron chi connectivity index (χ2n) is 4.29. The fraction of sp³-hybridized carbons (Fsp3) is 0.500. The van der Waals surface area contributed by atoms with Crippen molar-refractivity contribution in [1.82, 2.24) is 5.32 Å². The third-order valence-corrected chi connectivity index (χ3v) is 3.91. The summed E-state index contributed by atoms with van der Waals surface area (Å²) in [7, 11) is 0. The van der Waals surface area contributed by atoms with Crippen LogP contribution in [0.5, 0.6) is 0 Å². The van der Waals surface area contributed by atoms with E-state index >= 15 is 0 Å². The highest BCUT2D eigenvalue weighted by molar-refractivity contribution is 7.99. The molecule has 1 aromatic carbocycles. The molecule has 0 radical (unpaired) electrons. The van der Waals surface area contributed by atoms with E-state index < -0.39 is 18.6 Å². The second kappa shape index (κ2) is 4.90. The van der Waals surface area contributed by atoms with Crippen molar-refractivity contribution in [2.45, 2.75) is 36.5 Å². The maximum Gasteiger partial charge on any atom is 0.390 e. The molecule has 2 atom stereocenters. The SMILES string of the molecule is CC(CC(F)(F)F)NC1CSc2ccccc21. The third kappa shape index (κ3) is 3.39. The Kier molecular flexibility index (Phi) is 3.68. The fourth-order valence-electron chi connectivity index (χ4n) is 2.05. The number of halogens is 3. The molecule has 2 rings (SSSR count). The van der Waals surface area contributed by atoms with Crippen molar-refractivity contribution in [2.75, 3.05) is 5.75 Å². The highest BCUT2D eigenvalue weighted by atomic mass is 32.2. The minimum absolute atomic E-state index is 0.0357. The fourth-order valence-corrected chi connectivity index (χ4v) is 3.22. The minimum Gasteiger partial charge on any atom is -0.306 e. The first-order valence-electron chi connectivity index (χ1n) is 5.50. The van der Waals surface area contributed by atoms with Crippen LogP contribution in [-0.4, -0.2) is 18.0 Å². The van der Waals surface area contributed by atoms with Gasteiger partial charge in [0, 0.05) is 22.7 Å². The Hall–Kier alpha value is -0.680. The lowest BCUT2D eigenvalue weighted by molar-refractivity contribution is -0.139. The van der Waals surface area contributed by atoms with Crippen molar-refractivity contribution in [2.24, 2.45) is 0 Å². The minimum atomic E-state index is -4.10. The summed E-state index contributed by atoms with van der Waals surface area (Å²) in [6, 6.07) is 7.35. The lowest BCUT2D eigenvalue weighted by Gasteiger charge is -2.20. The lowest BCUT2D eigenvalue weighted by Crippen LogP contribution is -2.34. The molecule has 2 unspecified atom stereocenters. The van der Waals surface area contributed by atoms with Gasteiger partial charge in [-0.1, -0.05) is 18.2 Å². The normalized spacial score (nSPS) is 21.3. The zero-order chi connectivity index (χ0) is 12.5. The van der Waals surface area contributed by atoms with Gasteiger partial charge in [0.2, 0.25) is 0 Å². The highest BCUT2D eigenvalue weighted by Crippen LogP contribution is 2.38. The van der Waals surface area contributed by atoms with E-state index in [1.807, 2.05) is 24.3 Å². The van der Waals surface area contributed by atoms with E-state index in [2.05, 4.69) is 5.32 Å². The van der Waals surface area contributed by atoms with Crippen molar-refractivity contribution in [3.05, 3.63) is 29.8 Å². The van der Waals surface area contributed by atoms with Crippen LogP contribution in [0.25, 0.3) is 0 Å². The molecule has 1 aliphatic rings. The zero-order valence-corrected chi connectivity index (χ0v) is 10.2. The number of rotatable bonds is 3. The third-order valence-electron chi connectivity index (χ3n) is 2.72. The molecule has 17 heavy (non-hydrogen) atoms. The number of alkyl halides is 3. The molecule has 1 aliphatic heterocycles. The average Bonchev–Trinajstić information content (AvgIpc) is 2.59. The Morgan fingerprint density at radius 1 is 1.41 bits per heavy atom. The molecule has 0 aliphatic carbocycles. The van der Waals surface area contributed by atoms with Gasteiger partial charge in [-0.3, -0.25) is 0 Å². The van der Waals surface area contributed by atoms with Crippen molar-refractivity contribution in [3.63, 3.8) is 0 Å². The molecule has 0 bridgehead atoms. The predicted octanol–water partition coefficient (Wildman–Crippen LogP) is 3.76. The van der Waals surface area contributed by atoms with Gasteiger partial charge < -0.3 is 5.32 Å². The van der Waals surface area contributed by atoms with Crippen LogP contribution in [0.4, 0.5) is 13.2 Å². The van der Waals surface area contributed by atoms with Crippen molar-refractivity contribution < 1.29 is 13.2 Å². The molecule has 0 saturated heterocycles. The molecule has 1 N–H and O–H groups in total. The lowest BCUT2D eigenvalue weighted by atomic mass is 10.1. The van der Waals surface area contributed by atoms with E-state index in [9.17, 15) is 13.2 Å². The maximum absolute atomic E-state index is 12.2. The van der Waals surface area contributed by atoms with Gasteiger partial charge in [0.15, 0.2) is 0 Å².